The third-order valence-electron chi connectivity index (χ3n) is 5.21. The number of rotatable bonds is 4. The second-order valence-corrected chi connectivity index (χ2v) is 8.13. The molecule has 1 atom stereocenters. The van der Waals surface area contributed by atoms with Crippen molar-refractivity contribution in [1.29, 1.82) is 0 Å². The molecule has 0 saturated carbocycles. The highest BCUT2D eigenvalue weighted by atomic mass is 16.4. The Morgan fingerprint density at radius 2 is 2.12 bits per heavy atom. The third kappa shape index (κ3) is 3.70. The monoisotopic (exact) mass is 358 g/mol. The van der Waals surface area contributed by atoms with E-state index in [1.165, 1.54) is 18.5 Å². The Morgan fingerprint density at radius 1 is 1.35 bits per heavy atom. The van der Waals surface area contributed by atoms with Gasteiger partial charge in [-0.1, -0.05) is 27.2 Å². The number of hydrogen-bond acceptors (Lipinski definition) is 4. The van der Waals surface area contributed by atoms with Gasteiger partial charge < -0.3 is 14.3 Å². The van der Waals surface area contributed by atoms with Crippen molar-refractivity contribution in [2.75, 3.05) is 13.6 Å². The van der Waals surface area contributed by atoms with Crippen molar-refractivity contribution in [3.8, 4) is 0 Å². The molecule has 0 aliphatic carbocycles. The molecule has 142 valence electrons. The lowest BCUT2D eigenvalue weighted by Gasteiger charge is -2.35. The van der Waals surface area contributed by atoms with E-state index in [1.54, 1.807) is 7.05 Å². The molecule has 0 radical (unpaired) electrons. The Balaban J connectivity index is 1.81. The second kappa shape index (κ2) is 7.27. The van der Waals surface area contributed by atoms with E-state index in [0.717, 1.165) is 24.6 Å². The molecule has 0 unspecified atom stereocenters. The minimum Gasteiger partial charge on any atom is -0.444 e. The van der Waals surface area contributed by atoms with Crippen molar-refractivity contribution in [3.05, 3.63) is 41.4 Å². The normalized spacial score (nSPS) is 18.9. The Bertz CT molecular complexity index is 769. The van der Waals surface area contributed by atoms with E-state index in [9.17, 15) is 4.79 Å². The van der Waals surface area contributed by atoms with E-state index in [-0.39, 0.29) is 17.4 Å². The average Bonchev–Trinajstić information content (AvgIpc) is 3.21. The fourth-order valence-electron chi connectivity index (χ4n) is 3.64. The molecule has 3 heterocycles. The fraction of sp³-hybridized carbons (Fsp3) is 0.600. The first-order valence-electron chi connectivity index (χ1n) is 9.38. The van der Waals surface area contributed by atoms with Gasteiger partial charge in [-0.3, -0.25) is 9.69 Å². The van der Waals surface area contributed by atoms with E-state index >= 15 is 0 Å². The van der Waals surface area contributed by atoms with Crippen LogP contribution in [0.2, 0.25) is 0 Å². The number of nitrogens with zero attached hydrogens (tertiary/aromatic N) is 3. The van der Waals surface area contributed by atoms with Crippen LogP contribution in [0.4, 0.5) is 0 Å². The minimum absolute atomic E-state index is 0.0346. The summed E-state index contributed by atoms with van der Waals surface area (Å²) in [6.45, 7) is 8.10. The van der Waals surface area contributed by atoms with Crippen LogP contribution in [0.3, 0.4) is 0 Å². The lowest BCUT2D eigenvalue weighted by Crippen LogP contribution is -2.34. The Kier molecular flexibility index (Phi) is 5.23. The van der Waals surface area contributed by atoms with Crippen LogP contribution in [-0.2, 0) is 19.0 Å². The third-order valence-corrected chi connectivity index (χ3v) is 5.21. The summed E-state index contributed by atoms with van der Waals surface area (Å²) >= 11 is 0. The van der Waals surface area contributed by atoms with Crippen LogP contribution in [0.1, 0.15) is 73.9 Å². The summed E-state index contributed by atoms with van der Waals surface area (Å²) in [6, 6.07) is 4.25. The number of aromatic nitrogens is 2. The van der Waals surface area contributed by atoms with Gasteiger partial charge in [0.05, 0.1) is 18.8 Å². The molecular weight excluding hydrogens is 328 g/mol. The smallest absolute Gasteiger partial charge is 0.267 e. The standard InChI is InChI=1S/C20H30N4O2/c1-20(2,3)17-12-22-18(26-17)13-24-11-7-6-8-15(24)14-9-10-16(23(14)5)19(25)21-4/h9-10,12,15H,6-8,11,13H2,1-5H3,(H,21,25)/t15-/m1/s1. The van der Waals surface area contributed by atoms with Gasteiger partial charge in [-0.15, -0.1) is 0 Å². The molecule has 2 aromatic heterocycles. The van der Waals surface area contributed by atoms with Gasteiger partial charge in [0, 0.05) is 25.2 Å². The van der Waals surface area contributed by atoms with Gasteiger partial charge >= 0.3 is 0 Å². The Morgan fingerprint density at radius 3 is 2.77 bits per heavy atom. The van der Waals surface area contributed by atoms with Crippen molar-refractivity contribution >= 4 is 5.91 Å². The summed E-state index contributed by atoms with van der Waals surface area (Å²) in [4.78, 5) is 18.9. The summed E-state index contributed by atoms with van der Waals surface area (Å²) in [7, 11) is 3.63. The van der Waals surface area contributed by atoms with E-state index in [4.69, 9.17) is 4.42 Å². The highest BCUT2D eigenvalue weighted by molar-refractivity contribution is 5.92. The van der Waals surface area contributed by atoms with Crippen LogP contribution in [0.5, 0.6) is 0 Å². The van der Waals surface area contributed by atoms with E-state index < -0.39 is 0 Å². The molecular formula is C20H30N4O2. The molecule has 2 aromatic rings. The first kappa shape index (κ1) is 18.7. The van der Waals surface area contributed by atoms with Crippen LogP contribution in [0.15, 0.2) is 22.7 Å². The summed E-state index contributed by atoms with van der Waals surface area (Å²) in [5.41, 5.74) is 1.83. The van der Waals surface area contributed by atoms with Gasteiger partial charge in [0.1, 0.15) is 11.5 Å². The number of oxazole rings is 1. The molecule has 26 heavy (non-hydrogen) atoms. The van der Waals surface area contributed by atoms with Gasteiger partial charge in [-0.05, 0) is 31.5 Å². The molecule has 1 saturated heterocycles. The quantitative estimate of drug-likeness (QED) is 0.910. The van der Waals surface area contributed by atoms with Gasteiger partial charge in [-0.25, -0.2) is 4.98 Å². The number of hydrogen-bond donors (Lipinski definition) is 1. The molecule has 0 spiro atoms. The lowest BCUT2D eigenvalue weighted by molar-refractivity contribution is 0.0951. The number of piperidine rings is 1. The maximum atomic E-state index is 12.0. The molecule has 0 bridgehead atoms. The zero-order chi connectivity index (χ0) is 18.9. The van der Waals surface area contributed by atoms with Gasteiger partial charge in [0.2, 0.25) is 5.89 Å². The number of likely N-dealkylation sites (tertiary alicyclic amines) is 1. The average molecular weight is 358 g/mol. The Hall–Kier alpha value is -2.08. The zero-order valence-corrected chi connectivity index (χ0v) is 16.5. The molecule has 1 aliphatic heterocycles. The first-order chi connectivity index (χ1) is 12.3. The number of carbonyl (C=O) groups excluding carboxylic acids is 1. The van der Waals surface area contributed by atoms with Crippen molar-refractivity contribution in [2.45, 2.75) is 58.0 Å². The first-order valence-corrected chi connectivity index (χ1v) is 9.38. The van der Waals surface area contributed by atoms with Crippen molar-refractivity contribution in [1.82, 2.24) is 19.8 Å². The van der Waals surface area contributed by atoms with Crippen molar-refractivity contribution in [2.24, 2.45) is 7.05 Å². The maximum absolute atomic E-state index is 12.0. The van der Waals surface area contributed by atoms with E-state index in [0.29, 0.717) is 12.2 Å². The van der Waals surface area contributed by atoms with Crippen molar-refractivity contribution < 1.29 is 9.21 Å². The van der Waals surface area contributed by atoms with Gasteiger partial charge in [0.15, 0.2) is 0 Å². The highest BCUT2D eigenvalue weighted by Gasteiger charge is 2.29. The molecule has 6 nitrogen and oxygen atoms in total. The van der Waals surface area contributed by atoms with E-state index in [2.05, 4.69) is 42.0 Å². The second-order valence-electron chi connectivity index (χ2n) is 8.13. The molecule has 1 amide bonds. The van der Waals surface area contributed by atoms with Crippen LogP contribution in [0.25, 0.3) is 0 Å². The maximum Gasteiger partial charge on any atom is 0.267 e. The van der Waals surface area contributed by atoms with Crippen LogP contribution < -0.4 is 5.32 Å². The molecule has 1 aliphatic rings. The van der Waals surface area contributed by atoms with Crippen LogP contribution >= 0.6 is 0 Å². The summed E-state index contributed by atoms with van der Waals surface area (Å²) in [6.07, 6.45) is 5.30. The van der Waals surface area contributed by atoms with Crippen LogP contribution in [0, 0.1) is 0 Å². The van der Waals surface area contributed by atoms with Crippen LogP contribution in [-0.4, -0.2) is 34.0 Å². The topological polar surface area (TPSA) is 63.3 Å². The number of amides is 1. The summed E-state index contributed by atoms with van der Waals surface area (Å²) < 4.78 is 8.01. The molecule has 3 rings (SSSR count). The lowest BCUT2D eigenvalue weighted by atomic mass is 9.94. The van der Waals surface area contributed by atoms with Gasteiger partial charge in [-0.2, -0.15) is 0 Å². The molecule has 1 N–H and O–H groups in total. The highest BCUT2D eigenvalue weighted by Crippen LogP contribution is 2.33. The Labute approximate surface area is 155 Å². The largest absolute Gasteiger partial charge is 0.444 e. The number of carbonyl (C=O) groups is 1. The van der Waals surface area contributed by atoms with Crippen molar-refractivity contribution in [3.63, 3.8) is 0 Å². The zero-order valence-electron chi connectivity index (χ0n) is 16.5. The SMILES string of the molecule is CNC(=O)c1ccc([C@H]2CCCCN2Cc2ncc(C(C)(C)C)o2)n1C. The molecule has 1 fully saturated rings. The molecule has 0 aromatic carbocycles. The predicted octanol–water partition coefficient (Wildman–Crippen LogP) is 3.40. The number of nitrogens with one attached hydrogen (secondary N) is 1. The summed E-state index contributed by atoms with van der Waals surface area (Å²) in [5, 5.41) is 2.71. The predicted molar refractivity (Wildman–Crippen MR) is 101 cm³/mol. The summed E-state index contributed by atoms with van der Waals surface area (Å²) in [5.74, 6) is 1.63. The van der Waals surface area contributed by atoms with Gasteiger partial charge in [0.25, 0.3) is 5.91 Å². The fourth-order valence-corrected chi connectivity index (χ4v) is 3.64. The molecule has 6 heteroatoms. The van der Waals surface area contributed by atoms with E-state index in [1.807, 2.05) is 23.9 Å². The minimum atomic E-state index is -0.0522.